The average molecular weight is 314 g/mol. The van der Waals surface area contributed by atoms with E-state index >= 15 is 0 Å². The van der Waals surface area contributed by atoms with Crippen molar-refractivity contribution in [3.8, 4) is 0 Å². The number of aliphatic carboxylic acids is 1. The molecular weight excluding hydrogens is 294 g/mol. The van der Waals surface area contributed by atoms with Crippen molar-refractivity contribution >= 4 is 29.3 Å². The van der Waals surface area contributed by atoms with Crippen molar-refractivity contribution in [1.29, 1.82) is 0 Å². The van der Waals surface area contributed by atoms with Gasteiger partial charge in [0.1, 0.15) is 5.54 Å². The third kappa shape index (κ3) is 3.68. The second-order valence-corrected chi connectivity index (χ2v) is 7.06. The number of hydrogen-bond acceptors (Lipinski definition) is 3. The molecule has 1 aliphatic rings. The van der Waals surface area contributed by atoms with Crippen LogP contribution in [0, 0.1) is 0 Å². The Balaban J connectivity index is 2.01. The van der Waals surface area contributed by atoms with Crippen LogP contribution in [0.2, 0.25) is 5.02 Å². The number of benzene rings is 1. The van der Waals surface area contributed by atoms with E-state index in [9.17, 15) is 9.90 Å². The first kappa shape index (κ1) is 15.7. The Hall–Kier alpha value is -0.710. The lowest BCUT2D eigenvalue weighted by Crippen LogP contribution is -2.50. The summed E-state index contributed by atoms with van der Waals surface area (Å²) in [5.41, 5.74) is -0.744. The van der Waals surface area contributed by atoms with Gasteiger partial charge in [-0.1, -0.05) is 24.6 Å². The van der Waals surface area contributed by atoms with Crippen LogP contribution in [0.4, 0.5) is 0 Å². The molecule has 0 bridgehead atoms. The quantitative estimate of drug-likeness (QED) is 0.838. The summed E-state index contributed by atoms with van der Waals surface area (Å²) in [4.78, 5) is 12.7. The van der Waals surface area contributed by atoms with Crippen LogP contribution in [0.3, 0.4) is 0 Å². The second-order valence-electron chi connectivity index (χ2n) is 5.25. The SMILES string of the molecule is CCCNC1(C(=O)O)CCC(Sc2cccc(Cl)c2)C1. The topological polar surface area (TPSA) is 49.3 Å². The van der Waals surface area contributed by atoms with Gasteiger partial charge in [-0.25, -0.2) is 0 Å². The third-order valence-electron chi connectivity index (χ3n) is 3.69. The molecule has 3 nitrogen and oxygen atoms in total. The van der Waals surface area contributed by atoms with E-state index in [4.69, 9.17) is 11.6 Å². The number of carbonyl (C=O) groups is 1. The Morgan fingerprint density at radius 2 is 2.40 bits per heavy atom. The molecular formula is C15H20ClNO2S. The molecule has 0 saturated heterocycles. The van der Waals surface area contributed by atoms with Crippen molar-refractivity contribution in [2.75, 3.05) is 6.54 Å². The van der Waals surface area contributed by atoms with E-state index in [0.29, 0.717) is 18.1 Å². The van der Waals surface area contributed by atoms with Crippen molar-refractivity contribution in [2.45, 2.75) is 48.3 Å². The molecule has 2 N–H and O–H groups in total. The van der Waals surface area contributed by atoms with Crippen LogP contribution < -0.4 is 5.32 Å². The van der Waals surface area contributed by atoms with Crippen molar-refractivity contribution in [1.82, 2.24) is 5.32 Å². The lowest BCUT2D eigenvalue weighted by Gasteiger charge is -2.25. The molecule has 20 heavy (non-hydrogen) atoms. The number of halogens is 1. The third-order valence-corrected chi connectivity index (χ3v) is 5.19. The molecule has 0 aliphatic heterocycles. The van der Waals surface area contributed by atoms with E-state index in [1.165, 1.54) is 0 Å². The molecule has 2 unspecified atom stereocenters. The molecule has 1 fully saturated rings. The summed E-state index contributed by atoms with van der Waals surface area (Å²) in [6, 6.07) is 7.74. The fraction of sp³-hybridized carbons (Fsp3) is 0.533. The monoisotopic (exact) mass is 313 g/mol. The van der Waals surface area contributed by atoms with Crippen molar-refractivity contribution in [2.24, 2.45) is 0 Å². The first-order chi connectivity index (χ1) is 9.55. The van der Waals surface area contributed by atoms with Crippen molar-refractivity contribution in [3.05, 3.63) is 29.3 Å². The van der Waals surface area contributed by atoms with Crippen LogP contribution in [0.1, 0.15) is 32.6 Å². The van der Waals surface area contributed by atoms with Gasteiger partial charge in [-0.3, -0.25) is 4.79 Å². The molecule has 1 aromatic carbocycles. The van der Waals surface area contributed by atoms with Crippen LogP contribution in [0.15, 0.2) is 29.2 Å². The molecule has 0 amide bonds. The molecule has 110 valence electrons. The number of hydrogen-bond donors (Lipinski definition) is 2. The van der Waals surface area contributed by atoms with Gasteiger partial charge in [0.2, 0.25) is 0 Å². The predicted molar refractivity (Wildman–Crippen MR) is 83.6 cm³/mol. The standard InChI is InChI=1S/C15H20ClNO2S/c1-2-8-17-15(14(18)19)7-6-13(10-15)20-12-5-3-4-11(16)9-12/h3-5,9,13,17H,2,6-8,10H2,1H3,(H,18,19). The van der Waals surface area contributed by atoms with Crippen LogP contribution in [0.25, 0.3) is 0 Å². The summed E-state index contributed by atoms with van der Waals surface area (Å²) >= 11 is 7.72. The summed E-state index contributed by atoms with van der Waals surface area (Å²) in [5, 5.41) is 13.8. The number of carboxylic acids is 1. The Kier molecular flexibility index (Phi) is 5.35. The Labute approximate surface area is 129 Å². The normalized spacial score (nSPS) is 25.8. The zero-order chi connectivity index (χ0) is 14.6. The minimum absolute atomic E-state index is 0.328. The number of nitrogens with one attached hydrogen (secondary N) is 1. The maximum atomic E-state index is 11.6. The largest absolute Gasteiger partial charge is 0.480 e. The molecule has 0 spiro atoms. The fourth-order valence-corrected chi connectivity index (χ4v) is 4.22. The summed E-state index contributed by atoms with van der Waals surface area (Å²) in [6.07, 6.45) is 3.22. The van der Waals surface area contributed by atoms with E-state index in [1.807, 2.05) is 24.3 Å². The molecule has 1 aromatic rings. The number of rotatable bonds is 6. The molecule has 0 radical (unpaired) electrons. The Morgan fingerprint density at radius 1 is 1.60 bits per heavy atom. The van der Waals surface area contributed by atoms with Crippen molar-refractivity contribution in [3.63, 3.8) is 0 Å². The van der Waals surface area contributed by atoms with Crippen LogP contribution in [0.5, 0.6) is 0 Å². The van der Waals surface area contributed by atoms with Crippen LogP contribution in [-0.2, 0) is 4.79 Å². The van der Waals surface area contributed by atoms with Crippen molar-refractivity contribution < 1.29 is 9.90 Å². The fourth-order valence-electron chi connectivity index (χ4n) is 2.63. The van der Waals surface area contributed by atoms with Gasteiger partial charge in [-0.15, -0.1) is 11.8 Å². The van der Waals surface area contributed by atoms with Gasteiger partial charge in [-0.05, 0) is 50.4 Å². The Morgan fingerprint density at radius 3 is 3.05 bits per heavy atom. The Bertz CT molecular complexity index is 483. The highest BCUT2D eigenvalue weighted by Crippen LogP contribution is 2.40. The zero-order valence-electron chi connectivity index (χ0n) is 11.6. The second kappa shape index (κ2) is 6.83. The van der Waals surface area contributed by atoms with E-state index < -0.39 is 11.5 Å². The highest BCUT2D eigenvalue weighted by Gasteiger charge is 2.45. The van der Waals surface area contributed by atoms with Crippen LogP contribution in [-0.4, -0.2) is 28.4 Å². The first-order valence-electron chi connectivity index (χ1n) is 6.96. The maximum Gasteiger partial charge on any atom is 0.323 e. The smallest absolute Gasteiger partial charge is 0.323 e. The first-order valence-corrected chi connectivity index (χ1v) is 8.22. The molecule has 0 aromatic heterocycles. The molecule has 0 heterocycles. The highest BCUT2D eigenvalue weighted by molar-refractivity contribution is 8.00. The number of carboxylic acid groups (broad SMARTS) is 1. The molecule has 2 atom stereocenters. The van der Waals surface area contributed by atoms with Gasteiger partial charge < -0.3 is 10.4 Å². The minimum atomic E-state index is -0.744. The lowest BCUT2D eigenvalue weighted by atomic mass is 9.98. The van der Waals surface area contributed by atoms with E-state index in [2.05, 4.69) is 12.2 Å². The van der Waals surface area contributed by atoms with E-state index in [0.717, 1.165) is 29.3 Å². The summed E-state index contributed by atoms with van der Waals surface area (Å²) in [6.45, 7) is 2.80. The molecule has 2 rings (SSSR count). The van der Waals surface area contributed by atoms with E-state index in [-0.39, 0.29) is 0 Å². The number of thioether (sulfide) groups is 1. The van der Waals surface area contributed by atoms with Crippen LogP contribution >= 0.6 is 23.4 Å². The average Bonchev–Trinajstić information content (AvgIpc) is 2.81. The minimum Gasteiger partial charge on any atom is -0.480 e. The van der Waals surface area contributed by atoms with E-state index in [1.54, 1.807) is 11.8 Å². The summed E-state index contributed by atoms with van der Waals surface area (Å²) < 4.78 is 0. The van der Waals surface area contributed by atoms with Gasteiger partial charge in [0.25, 0.3) is 0 Å². The molecule has 1 saturated carbocycles. The molecule has 5 heteroatoms. The summed E-state index contributed by atoms with van der Waals surface area (Å²) in [5.74, 6) is -0.722. The van der Waals surface area contributed by atoms with Gasteiger partial charge in [0.05, 0.1) is 0 Å². The van der Waals surface area contributed by atoms with Gasteiger partial charge in [-0.2, -0.15) is 0 Å². The summed E-state index contributed by atoms with van der Waals surface area (Å²) in [7, 11) is 0. The van der Waals surface area contributed by atoms with Gasteiger partial charge >= 0.3 is 5.97 Å². The highest BCUT2D eigenvalue weighted by atomic mass is 35.5. The lowest BCUT2D eigenvalue weighted by molar-refractivity contribution is -0.144. The molecule has 1 aliphatic carbocycles. The zero-order valence-corrected chi connectivity index (χ0v) is 13.1. The van der Waals surface area contributed by atoms with Gasteiger partial charge in [0.15, 0.2) is 0 Å². The predicted octanol–water partition coefficient (Wildman–Crippen LogP) is 3.81. The maximum absolute atomic E-state index is 11.6. The van der Waals surface area contributed by atoms with Gasteiger partial charge in [0, 0.05) is 15.2 Å².